The van der Waals surface area contributed by atoms with Gasteiger partial charge in [0.1, 0.15) is 5.82 Å². The predicted octanol–water partition coefficient (Wildman–Crippen LogP) is 7.11. The first-order valence-electron chi connectivity index (χ1n) is 11.1. The molecule has 3 rings (SSSR count). The molecule has 1 amide bonds. The molecule has 3 aromatic rings. The number of benzene rings is 2. The first kappa shape index (κ1) is 26.6. The summed E-state index contributed by atoms with van der Waals surface area (Å²) in [6, 6.07) is 9.22. The molecule has 1 heterocycles. The highest BCUT2D eigenvalue weighted by molar-refractivity contribution is 6.74. The van der Waals surface area contributed by atoms with Gasteiger partial charge in [-0.2, -0.15) is 18.3 Å². The Morgan fingerprint density at radius 3 is 2.29 bits per heavy atom. The largest absolute Gasteiger partial charge is 0.416 e. The van der Waals surface area contributed by atoms with E-state index in [1.807, 2.05) is 33.9 Å². The zero-order valence-electron chi connectivity index (χ0n) is 20.5. The van der Waals surface area contributed by atoms with E-state index in [0.29, 0.717) is 11.4 Å². The number of halogens is 4. The number of carbonyl (C=O) groups excluding carboxylic acids is 1. The van der Waals surface area contributed by atoms with Crippen molar-refractivity contribution in [2.75, 3.05) is 5.32 Å². The van der Waals surface area contributed by atoms with Crippen molar-refractivity contribution in [2.45, 2.75) is 58.6 Å². The van der Waals surface area contributed by atoms with Gasteiger partial charge in [-0.25, -0.2) is 9.07 Å². The van der Waals surface area contributed by atoms with Crippen LogP contribution in [-0.4, -0.2) is 24.0 Å². The number of rotatable bonds is 6. The van der Waals surface area contributed by atoms with Gasteiger partial charge in [0, 0.05) is 11.9 Å². The maximum Gasteiger partial charge on any atom is 0.416 e. The zero-order valence-corrected chi connectivity index (χ0v) is 21.5. The summed E-state index contributed by atoms with van der Waals surface area (Å²) < 4.78 is 62.1. The van der Waals surface area contributed by atoms with Gasteiger partial charge in [-0.1, -0.05) is 26.8 Å². The molecule has 0 aliphatic heterocycles. The lowest BCUT2D eigenvalue weighted by atomic mass is 10.1. The molecule has 2 aromatic carbocycles. The molecule has 0 fully saturated rings. The van der Waals surface area contributed by atoms with Crippen molar-refractivity contribution < 1.29 is 26.8 Å². The average Bonchev–Trinajstić information content (AvgIpc) is 3.13. The van der Waals surface area contributed by atoms with E-state index in [4.69, 9.17) is 4.43 Å². The third-order valence-corrected chi connectivity index (χ3v) is 10.8. The molecule has 0 radical (unpaired) electrons. The minimum absolute atomic E-state index is 0.00679. The second-order valence-corrected chi connectivity index (χ2v) is 14.7. The first-order valence-corrected chi connectivity index (χ1v) is 14.0. The molecule has 0 spiro atoms. The van der Waals surface area contributed by atoms with Gasteiger partial charge in [-0.05, 0) is 67.0 Å². The van der Waals surface area contributed by atoms with Crippen LogP contribution in [0.15, 0.2) is 48.7 Å². The number of aryl methyl sites for hydroxylation is 1. The average molecular weight is 508 g/mol. The lowest BCUT2D eigenvalue weighted by Crippen LogP contribution is -2.40. The highest BCUT2D eigenvalue weighted by Gasteiger charge is 2.39. The van der Waals surface area contributed by atoms with E-state index in [1.54, 1.807) is 6.92 Å². The summed E-state index contributed by atoms with van der Waals surface area (Å²) in [5.74, 6) is -1.01. The van der Waals surface area contributed by atoms with Crippen molar-refractivity contribution in [3.63, 3.8) is 0 Å². The van der Waals surface area contributed by atoms with Gasteiger partial charge < -0.3 is 9.74 Å². The van der Waals surface area contributed by atoms with Gasteiger partial charge >= 0.3 is 6.18 Å². The van der Waals surface area contributed by atoms with E-state index in [2.05, 4.69) is 10.4 Å². The molecule has 5 nitrogen and oxygen atoms in total. The maximum atomic E-state index is 13.8. The van der Waals surface area contributed by atoms with E-state index < -0.39 is 31.8 Å². The molecule has 1 aromatic heterocycles. The van der Waals surface area contributed by atoms with Gasteiger partial charge in [0.05, 0.1) is 29.1 Å². The van der Waals surface area contributed by atoms with Crippen LogP contribution in [0.25, 0.3) is 5.69 Å². The summed E-state index contributed by atoms with van der Waals surface area (Å²) in [4.78, 5) is 12.8. The van der Waals surface area contributed by atoms with Gasteiger partial charge in [-0.3, -0.25) is 4.79 Å². The van der Waals surface area contributed by atoms with E-state index in [9.17, 15) is 22.4 Å². The molecule has 35 heavy (non-hydrogen) atoms. The maximum absolute atomic E-state index is 13.8. The Morgan fingerprint density at radius 1 is 1.09 bits per heavy atom. The number of nitrogens with one attached hydrogen (secondary N) is 1. The molecule has 10 heteroatoms. The van der Waals surface area contributed by atoms with Crippen molar-refractivity contribution in [1.82, 2.24) is 9.78 Å². The SMILES string of the molecule is Cc1nn(-c2ccc(F)cc2)cc1C(=O)Nc1ccc(CO[Si](C)(C)C(C)(C)C)c(C(F)(F)F)c1. The van der Waals surface area contributed by atoms with Crippen molar-refractivity contribution in [2.24, 2.45) is 0 Å². The number of alkyl halides is 3. The summed E-state index contributed by atoms with van der Waals surface area (Å²) in [5.41, 5.74) is 0.273. The Morgan fingerprint density at radius 2 is 1.71 bits per heavy atom. The van der Waals surface area contributed by atoms with Crippen molar-refractivity contribution in [1.29, 1.82) is 0 Å². The zero-order chi connectivity index (χ0) is 26.2. The molecule has 0 saturated heterocycles. The number of hydrogen-bond donors (Lipinski definition) is 1. The molecule has 1 N–H and O–H groups in total. The van der Waals surface area contributed by atoms with E-state index in [1.165, 1.54) is 47.3 Å². The topological polar surface area (TPSA) is 56.2 Å². The first-order chi connectivity index (χ1) is 16.1. The standard InChI is InChI=1S/C25H29F4N3O2Si/c1-16-21(14-32(31-16)20-11-8-18(26)9-12-20)23(33)30-19-10-7-17(22(13-19)25(27,28)29)15-34-35(5,6)24(2,3)4/h7-14H,15H2,1-6H3,(H,30,33). The molecule has 0 unspecified atom stereocenters. The van der Waals surface area contributed by atoms with Crippen LogP contribution in [0.4, 0.5) is 23.2 Å². The van der Waals surface area contributed by atoms with Crippen LogP contribution >= 0.6 is 0 Å². The number of anilines is 1. The third kappa shape index (κ3) is 6.18. The van der Waals surface area contributed by atoms with E-state index in [0.717, 1.165) is 6.07 Å². The predicted molar refractivity (Wildman–Crippen MR) is 130 cm³/mol. The Hall–Kier alpha value is -2.98. The van der Waals surface area contributed by atoms with Crippen molar-refractivity contribution >= 4 is 19.9 Å². The fraction of sp³-hybridized carbons (Fsp3) is 0.360. The highest BCUT2D eigenvalue weighted by atomic mass is 28.4. The van der Waals surface area contributed by atoms with Crippen LogP contribution in [0, 0.1) is 12.7 Å². The Labute approximate surface area is 203 Å². The Balaban J connectivity index is 1.83. The summed E-state index contributed by atoms with van der Waals surface area (Å²) in [6.07, 6.45) is -3.17. The van der Waals surface area contributed by atoms with Crippen molar-refractivity contribution in [3.8, 4) is 5.69 Å². The molecule has 0 aliphatic rings. The molecule has 0 saturated carbocycles. The molecular formula is C25H29F4N3O2Si. The van der Waals surface area contributed by atoms with Gasteiger partial charge in [0.2, 0.25) is 0 Å². The quantitative estimate of drug-likeness (QED) is 0.286. The Bertz CT molecular complexity index is 1210. The number of aromatic nitrogens is 2. The fourth-order valence-electron chi connectivity index (χ4n) is 3.13. The van der Waals surface area contributed by atoms with E-state index in [-0.39, 0.29) is 28.5 Å². The monoisotopic (exact) mass is 507 g/mol. The van der Waals surface area contributed by atoms with E-state index >= 15 is 0 Å². The van der Waals surface area contributed by atoms with Gasteiger partial charge in [0.25, 0.3) is 5.91 Å². The normalized spacial score (nSPS) is 12.6. The number of amides is 1. The summed E-state index contributed by atoms with van der Waals surface area (Å²) in [6.45, 7) is 11.4. The van der Waals surface area contributed by atoms with Crippen LogP contribution in [0.2, 0.25) is 18.1 Å². The van der Waals surface area contributed by atoms with Gasteiger partial charge in [-0.15, -0.1) is 0 Å². The van der Waals surface area contributed by atoms with Crippen LogP contribution in [-0.2, 0) is 17.2 Å². The summed E-state index contributed by atoms with van der Waals surface area (Å²) >= 11 is 0. The van der Waals surface area contributed by atoms with Crippen LogP contribution in [0.5, 0.6) is 0 Å². The number of carbonyl (C=O) groups is 1. The fourth-order valence-corrected chi connectivity index (χ4v) is 4.08. The summed E-state index contributed by atoms with van der Waals surface area (Å²) in [5, 5.41) is 6.63. The van der Waals surface area contributed by atoms with Crippen LogP contribution in [0.1, 0.15) is 48.0 Å². The van der Waals surface area contributed by atoms with Crippen molar-refractivity contribution in [3.05, 3.63) is 76.9 Å². The molecule has 188 valence electrons. The lowest BCUT2D eigenvalue weighted by Gasteiger charge is -2.36. The molecule has 0 atom stereocenters. The molecular weight excluding hydrogens is 478 g/mol. The minimum Gasteiger partial charge on any atom is -0.413 e. The second-order valence-electron chi connectivity index (χ2n) is 9.92. The summed E-state index contributed by atoms with van der Waals surface area (Å²) in [7, 11) is -2.26. The smallest absolute Gasteiger partial charge is 0.413 e. The highest BCUT2D eigenvalue weighted by Crippen LogP contribution is 2.39. The Kier molecular flexibility index (Phi) is 7.28. The van der Waals surface area contributed by atoms with Crippen LogP contribution in [0.3, 0.4) is 0 Å². The lowest BCUT2D eigenvalue weighted by molar-refractivity contribution is -0.138. The molecule has 0 aliphatic carbocycles. The van der Waals surface area contributed by atoms with Crippen LogP contribution < -0.4 is 5.32 Å². The second kappa shape index (κ2) is 9.58. The number of hydrogen-bond acceptors (Lipinski definition) is 3. The molecule has 0 bridgehead atoms. The number of nitrogens with zero attached hydrogens (tertiary/aromatic N) is 2. The van der Waals surface area contributed by atoms with Gasteiger partial charge in [0.15, 0.2) is 8.32 Å². The third-order valence-electron chi connectivity index (χ3n) is 6.30. The minimum atomic E-state index is -4.61.